The van der Waals surface area contributed by atoms with E-state index >= 15 is 0 Å². The van der Waals surface area contributed by atoms with E-state index in [0.29, 0.717) is 0 Å². The molecule has 1 rings (SSSR count). The zero-order chi connectivity index (χ0) is 14.1. The van der Waals surface area contributed by atoms with Gasteiger partial charge in [0.25, 0.3) is 15.9 Å². The predicted molar refractivity (Wildman–Crippen MR) is 53.6 cm³/mol. The Morgan fingerprint density at radius 3 is 2.33 bits per heavy atom. The van der Waals surface area contributed by atoms with Crippen molar-refractivity contribution in [2.75, 3.05) is 7.11 Å². The van der Waals surface area contributed by atoms with Crippen molar-refractivity contribution in [2.24, 2.45) is 5.14 Å². The highest BCUT2D eigenvalue weighted by Crippen LogP contribution is 2.32. The molecule has 0 aromatic carbocycles. The number of rotatable bonds is 3. The summed E-state index contributed by atoms with van der Waals surface area (Å²) in [5, 5.41) is 4.11. The number of ether oxygens (including phenoxy) is 2. The van der Waals surface area contributed by atoms with Crippen LogP contribution in [0.5, 0.6) is 11.6 Å². The van der Waals surface area contributed by atoms with Crippen LogP contribution in [0.1, 0.15) is 5.56 Å². The molecule has 0 radical (unpaired) electrons. The van der Waals surface area contributed by atoms with Gasteiger partial charge in [-0.3, -0.25) is 0 Å². The van der Waals surface area contributed by atoms with Gasteiger partial charge >= 0.3 is 6.36 Å². The molecule has 0 spiro atoms. The van der Waals surface area contributed by atoms with Gasteiger partial charge in [-0.1, -0.05) is 0 Å². The Morgan fingerprint density at radius 2 is 1.94 bits per heavy atom. The molecule has 2 N–H and O–H groups in total. The van der Waals surface area contributed by atoms with Crippen molar-refractivity contribution in [1.82, 2.24) is 4.98 Å². The van der Waals surface area contributed by atoms with Crippen LogP contribution in [0.2, 0.25) is 0 Å². The summed E-state index contributed by atoms with van der Waals surface area (Å²) in [6, 6.07) is 1.04. The van der Waals surface area contributed by atoms with E-state index in [-0.39, 0.29) is 11.3 Å². The third kappa shape index (κ3) is 3.47. The molecule has 0 fully saturated rings. The molecule has 1 aromatic rings. The highest BCUT2D eigenvalue weighted by atomic mass is 32.2. The molecule has 6 nitrogen and oxygen atoms in total. The number of nitrogens with two attached hydrogens (primary N) is 1. The zero-order valence-corrected chi connectivity index (χ0v) is 10.1. The molecule has 102 valence electrons. The highest BCUT2D eigenvalue weighted by Gasteiger charge is 2.34. The minimum Gasteiger partial charge on any atom is -0.491 e. The Balaban J connectivity index is 3.41. The van der Waals surface area contributed by atoms with Gasteiger partial charge in [0, 0.05) is 0 Å². The van der Waals surface area contributed by atoms with E-state index in [1.54, 1.807) is 0 Å². The van der Waals surface area contributed by atoms with Gasteiger partial charge in [0.1, 0.15) is 0 Å². The number of halogens is 3. The molecule has 18 heavy (non-hydrogen) atoms. The summed E-state index contributed by atoms with van der Waals surface area (Å²) in [5.74, 6) is -1.36. The van der Waals surface area contributed by atoms with E-state index in [2.05, 4.69) is 14.5 Å². The maximum absolute atomic E-state index is 12.1. The lowest BCUT2D eigenvalue weighted by Crippen LogP contribution is -2.21. The highest BCUT2D eigenvalue weighted by molar-refractivity contribution is 7.89. The van der Waals surface area contributed by atoms with Gasteiger partial charge in [0.15, 0.2) is 10.8 Å². The lowest BCUT2D eigenvalue weighted by Gasteiger charge is -2.13. The minimum atomic E-state index is -5.02. The molecule has 0 amide bonds. The van der Waals surface area contributed by atoms with Crippen LogP contribution in [0, 0.1) is 6.92 Å². The van der Waals surface area contributed by atoms with Crippen LogP contribution in [0.25, 0.3) is 0 Å². The number of aryl methyl sites for hydroxylation is 1. The number of nitrogens with zero attached hydrogens (tertiary/aromatic N) is 1. The van der Waals surface area contributed by atoms with Gasteiger partial charge in [0.05, 0.1) is 7.11 Å². The first kappa shape index (κ1) is 14.5. The molecular weight excluding hydrogens is 277 g/mol. The van der Waals surface area contributed by atoms with Gasteiger partial charge < -0.3 is 9.47 Å². The number of sulfonamides is 1. The number of pyridine rings is 1. The first-order valence-corrected chi connectivity index (χ1v) is 5.93. The average Bonchev–Trinajstić information content (AvgIpc) is 2.16. The fourth-order valence-electron chi connectivity index (χ4n) is 1.17. The number of methoxy groups -OCH3 is 1. The van der Waals surface area contributed by atoms with Crippen LogP contribution in [0.3, 0.4) is 0 Å². The molecule has 10 heteroatoms. The Bertz CT molecular complexity index is 556. The lowest BCUT2D eigenvalue weighted by molar-refractivity contribution is -0.276. The molecule has 1 heterocycles. The van der Waals surface area contributed by atoms with E-state index in [1.807, 2.05) is 0 Å². The molecule has 0 unspecified atom stereocenters. The third-order valence-corrected chi connectivity index (χ3v) is 2.75. The first-order chi connectivity index (χ1) is 8.04. The first-order valence-electron chi connectivity index (χ1n) is 4.39. The maximum Gasteiger partial charge on any atom is 0.574 e. The van der Waals surface area contributed by atoms with Crippen molar-refractivity contribution in [3.05, 3.63) is 11.6 Å². The molecule has 1 aromatic heterocycles. The molecule has 0 saturated heterocycles. The molecule has 0 saturated carbocycles. The summed E-state index contributed by atoms with van der Waals surface area (Å²) in [6.45, 7) is 1.31. The monoisotopic (exact) mass is 286 g/mol. The van der Waals surface area contributed by atoms with Gasteiger partial charge in [-0.25, -0.2) is 13.6 Å². The summed E-state index contributed by atoms with van der Waals surface area (Å²) >= 11 is 0. The van der Waals surface area contributed by atoms with Crippen LogP contribution < -0.4 is 14.6 Å². The van der Waals surface area contributed by atoms with Gasteiger partial charge in [-0.2, -0.15) is 4.98 Å². The summed E-state index contributed by atoms with van der Waals surface area (Å²) < 4.78 is 66.7. The minimum absolute atomic E-state index is 0.0453. The van der Waals surface area contributed by atoms with Crippen LogP contribution >= 0.6 is 0 Å². The van der Waals surface area contributed by atoms with E-state index < -0.39 is 27.3 Å². The Morgan fingerprint density at radius 1 is 1.39 bits per heavy atom. The second-order valence-corrected chi connectivity index (χ2v) is 4.69. The Labute approximate surface area is 101 Å². The Hall–Kier alpha value is -1.55. The summed E-state index contributed by atoms with van der Waals surface area (Å²) in [6.07, 6.45) is -5.02. The molecule has 0 aliphatic rings. The molecule has 0 aliphatic heterocycles. The number of hydrogen-bond donors (Lipinski definition) is 1. The van der Waals surface area contributed by atoms with Gasteiger partial charge in [0.2, 0.25) is 0 Å². The largest absolute Gasteiger partial charge is 0.574 e. The fourth-order valence-corrected chi connectivity index (χ4v) is 1.89. The summed E-state index contributed by atoms with van der Waals surface area (Å²) in [7, 11) is -3.16. The second kappa shape index (κ2) is 4.61. The van der Waals surface area contributed by atoms with E-state index in [1.165, 1.54) is 6.92 Å². The van der Waals surface area contributed by atoms with Crippen molar-refractivity contribution in [2.45, 2.75) is 18.3 Å². The van der Waals surface area contributed by atoms with Crippen molar-refractivity contribution < 1.29 is 31.1 Å². The lowest BCUT2D eigenvalue weighted by atomic mass is 10.3. The standard InChI is InChI=1S/C8H9F3N2O4S/c1-4-3-5(16-2)6(17-8(9,10)11)13-7(4)18(12,14)15/h3H,1-2H3,(H2,12,14,15). The zero-order valence-electron chi connectivity index (χ0n) is 9.28. The van der Waals surface area contributed by atoms with E-state index in [4.69, 9.17) is 5.14 Å². The number of hydrogen-bond acceptors (Lipinski definition) is 5. The number of aromatic nitrogens is 1. The predicted octanol–water partition coefficient (Wildman–Crippen LogP) is 0.945. The van der Waals surface area contributed by atoms with Crippen LogP contribution in [-0.2, 0) is 10.0 Å². The summed E-state index contributed by atoms with van der Waals surface area (Å²) in [5.41, 5.74) is 0.0453. The average molecular weight is 286 g/mol. The van der Waals surface area contributed by atoms with E-state index in [0.717, 1.165) is 13.2 Å². The smallest absolute Gasteiger partial charge is 0.491 e. The topological polar surface area (TPSA) is 91.5 Å². The van der Waals surface area contributed by atoms with Crippen LogP contribution in [0.15, 0.2) is 11.1 Å². The van der Waals surface area contributed by atoms with Crippen molar-refractivity contribution >= 4 is 10.0 Å². The fraction of sp³-hybridized carbons (Fsp3) is 0.375. The van der Waals surface area contributed by atoms with Crippen molar-refractivity contribution in [1.29, 1.82) is 0 Å². The quantitative estimate of drug-likeness (QED) is 0.893. The van der Waals surface area contributed by atoms with Gasteiger partial charge in [-0.05, 0) is 18.6 Å². The van der Waals surface area contributed by atoms with Crippen LogP contribution in [0.4, 0.5) is 13.2 Å². The molecular formula is C8H9F3N2O4S. The normalized spacial score (nSPS) is 12.3. The SMILES string of the molecule is COc1cc(C)c(S(N)(=O)=O)nc1OC(F)(F)F. The Kier molecular flexibility index (Phi) is 3.72. The molecule has 0 atom stereocenters. The summed E-state index contributed by atoms with van der Waals surface area (Å²) in [4.78, 5) is 3.22. The van der Waals surface area contributed by atoms with Gasteiger partial charge in [-0.15, -0.1) is 13.2 Å². The number of primary sulfonamides is 1. The van der Waals surface area contributed by atoms with Crippen molar-refractivity contribution in [3.8, 4) is 11.6 Å². The van der Waals surface area contributed by atoms with E-state index in [9.17, 15) is 21.6 Å². The second-order valence-electron chi connectivity index (χ2n) is 3.21. The van der Waals surface area contributed by atoms with Crippen LogP contribution in [-0.4, -0.2) is 26.9 Å². The molecule has 0 bridgehead atoms. The third-order valence-electron chi connectivity index (χ3n) is 1.80. The molecule has 0 aliphatic carbocycles. The number of alkyl halides is 3. The maximum atomic E-state index is 12.1. The van der Waals surface area contributed by atoms with Crippen molar-refractivity contribution in [3.63, 3.8) is 0 Å².